The summed E-state index contributed by atoms with van der Waals surface area (Å²) in [5, 5.41) is 19.1. The number of hydrogen-bond donors (Lipinski definition) is 2. The molecule has 2 N–H and O–H groups in total. The first kappa shape index (κ1) is 19.2. The topological polar surface area (TPSA) is 62.8 Å². The van der Waals surface area contributed by atoms with Crippen LogP contribution in [0.4, 0.5) is 4.39 Å². The van der Waals surface area contributed by atoms with Gasteiger partial charge >= 0.3 is 0 Å². The van der Waals surface area contributed by atoms with Crippen molar-refractivity contribution < 1.29 is 23.8 Å². The minimum absolute atomic E-state index is 0.107. The molecule has 0 saturated heterocycles. The molecule has 29 heavy (non-hydrogen) atoms. The van der Waals surface area contributed by atoms with Crippen molar-refractivity contribution in [1.29, 1.82) is 0 Å². The molecule has 148 valence electrons. The van der Waals surface area contributed by atoms with Gasteiger partial charge in [-0.3, -0.25) is 0 Å². The van der Waals surface area contributed by atoms with Gasteiger partial charge in [0, 0.05) is 11.5 Å². The molecule has 0 fully saturated rings. The van der Waals surface area contributed by atoms with Gasteiger partial charge in [-0.05, 0) is 47.9 Å². The third-order valence-electron chi connectivity index (χ3n) is 4.69. The third-order valence-corrected chi connectivity index (χ3v) is 4.69. The van der Waals surface area contributed by atoms with Crippen molar-refractivity contribution in [2.24, 2.45) is 0 Å². The van der Waals surface area contributed by atoms with E-state index in [1.807, 2.05) is 36.4 Å². The summed E-state index contributed by atoms with van der Waals surface area (Å²) in [7, 11) is 0. The van der Waals surface area contributed by atoms with Gasteiger partial charge in [-0.2, -0.15) is 0 Å². The van der Waals surface area contributed by atoms with E-state index in [1.54, 1.807) is 12.1 Å². The quantitative estimate of drug-likeness (QED) is 0.484. The Labute approximate surface area is 167 Å². The van der Waals surface area contributed by atoms with Crippen LogP contribution >= 0.6 is 0 Å². The van der Waals surface area contributed by atoms with Gasteiger partial charge in [0.05, 0.1) is 12.2 Å². The molecule has 5 heteroatoms. The average Bonchev–Trinajstić information content (AvgIpc) is 3.15. The van der Waals surface area contributed by atoms with Gasteiger partial charge in [0.25, 0.3) is 0 Å². The minimum atomic E-state index is -1.00. The van der Waals surface area contributed by atoms with Crippen molar-refractivity contribution in [3.63, 3.8) is 0 Å². The molecule has 0 amide bonds. The molecule has 0 bridgehead atoms. The van der Waals surface area contributed by atoms with Crippen molar-refractivity contribution in [3.05, 3.63) is 89.7 Å². The van der Waals surface area contributed by atoms with E-state index < -0.39 is 18.5 Å². The Morgan fingerprint density at radius 1 is 0.931 bits per heavy atom. The fourth-order valence-corrected chi connectivity index (χ4v) is 3.20. The Balaban J connectivity index is 1.56. The maximum Gasteiger partial charge on any atom is 0.138 e. The lowest BCUT2D eigenvalue weighted by Gasteiger charge is -2.10. The normalized spacial score (nSPS) is 12.2. The molecule has 0 radical (unpaired) electrons. The summed E-state index contributed by atoms with van der Waals surface area (Å²) < 4.78 is 25.7. The van der Waals surface area contributed by atoms with E-state index in [4.69, 9.17) is 14.3 Å². The van der Waals surface area contributed by atoms with E-state index in [1.165, 1.54) is 11.6 Å². The molecular formula is C24H21FO4. The highest BCUT2D eigenvalue weighted by molar-refractivity contribution is 5.83. The number of rotatable bonds is 7. The van der Waals surface area contributed by atoms with Gasteiger partial charge in [-0.15, -0.1) is 0 Å². The van der Waals surface area contributed by atoms with Crippen molar-refractivity contribution in [3.8, 4) is 17.1 Å². The molecule has 0 saturated carbocycles. The zero-order valence-corrected chi connectivity index (χ0v) is 15.7. The molecule has 4 nitrogen and oxygen atoms in total. The van der Waals surface area contributed by atoms with Crippen LogP contribution in [0.1, 0.15) is 11.1 Å². The predicted molar refractivity (Wildman–Crippen MR) is 109 cm³/mol. The largest absolute Gasteiger partial charge is 0.491 e. The van der Waals surface area contributed by atoms with E-state index in [9.17, 15) is 9.50 Å². The lowest BCUT2D eigenvalue weighted by atomic mass is 10.0. The second-order valence-electron chi connectivity index (χ2n) is 6.93. The summed E-state index contributed by atoms with van der Waals surface area (Å²) >= 11 is 0. The maximum absolute atomic E-state index is 14.6. The molecule has 3 aromatic carbocycles. The summed E-state index contributed by atoms with van der Waals surface area (Å²) in [5.41, 5.74) is 3.41. The number of benzene rings is 3. The standard InChI is InChI=1S/C24H21FO4/c25-22-13-20(28-15-19(27)14-26)7-8-21(22)24-12-18-11-17(6-9-23(18)29-24)10-16-4-2-1-3-5-16/h1-9,11-13,19,26-27H,10,14-15H2. The second kappa shape index (κ2) is 8.47. The first-order chi connectivity index (χ1) is 14.1. The summed E-state index contributed by atoms with van der Waals surface area (Å²) in [4.78, 5) is 0. The van der Waals surface area contributed by atoms with E-state index in [0.29, 0.717) is 16.9 Å². The number of hydrogen-bond acceptors (Lipinski definition) is 4. The molecule has 0 aliphatic rings. The molecular weight excluding hydrogens is 371 g/mol. The van der Waals surface area contributed by atoms with Crippen LogP contribution in [0.2, 0.25) is 0 Å². The van der Waals surface area contributed by atoms with E-state index in [2.05, 4.69) is 18.2 Å². The van der Waals surface area contributed by atoms with Crippen LogP contribution < -0.4 is 4.74 Å². The second-order valence-corrected chi connectivity index (χ2v) is 6.93. The van der Waals surface area contributed by atoms with Crippen LogP contribution in [0.3, 0.4) is 0 Å². The number of furan rings is 1. The number of ether oxygens (including phenoxy) is 1. The number of fused-ring (bicyclic) bond motifs is 1. The first-order valence-corrected chi connectivity index (χ1v) is 9.40. The number of aliphatic hydroxyl groups excluding tert-OH is 2. The van der Waals surface area contributed by atoms with E-state index >= 15 is 0 Å². The van der Waals surface area contributed by atoms with Crippen LogP contribution in [0.5, 0.6) is 5.75 Å². The predicted octanol–water partition coefficient (Wildman–Crippen LogP) is 4.56. The van der Waals surface area contributed by atoms with Crippen LogP contribution in [0.25, 0.3) is 22.3 Å². The highest BCUT2D eigenvalue weighted by atomic mass is 19.1. The van der Waals surface area contributed by atoms with Crippen molar-refractivity contribution in [1.82, 2.24) is 0 Å². The molecule has 4 rings (SSSR count). The monoisotopic (exact) mass is 392 g/mol. The molecule has 1 aromatic heterocycles. The van der Waals surface area contributed by atoms with Crippen molar-refractivity contribution >= 4 is 11.0 Å². The van der Waals surface area contributed by atoms with E-state index in [-0.39, 0.29) is 12.4 Å². The highest BCUT2D eigenvalue weighted by Crippen LogP contribution is 2.32. The Morgan fingerprint density at radius 2 is 1.76 bits per heavy atom. The van der Waals surface area contributed by atoms with Gasteiger partial charge in [-0.1, -0.05) is 36.4 Å². The van der Waals surface area contributed by atoms with Crippen LogP contribution in [0, 0.1) is 5.82 Å². The molecule has 1 atom stereocenters. The average molecular weight is 392 g/mol. The van der Waals surface area contributed by atoms with Gasteiger partial charge in [-0.25, -0.2) is 4.39 Å². The fraction of sp³-hybridized carbons (Fsp3) is 0.167. The van der Waals surface area contributed by atoms with Crippen molar-refractivity contribution in [2.45, 2.75) is 12.5 Å². The SMILES string of the molecule is OCC(O)COc1ccc(-c2cc3cc(Cc4ccccc4)ccc3o2)c(F)c1. The summed E-state index contributed by atoms with van der Waals surface area (Å²) in [5.74, 6) is 0.237. The van der Waals surface area contributed by atoms with Gasteiger partial charge in [0.1, 0.15) is 35.6 Å². The molecule has 0 spiro atoms. The van der Waals surface area contributed by atoms with Gasteiger partial charge in [0.2, 0.25) is 0 Å². The molecule has 0 aliphatic carbocycles. The van der Waals surface area contributed by atoms with E-state index in [0.717, 1.165) is 17.4 Å². The smallest absolute Gasteiger partial charge is 0.138 e. The zero-order chi connectivity index (χ0) is 20.2. The van der Waals surface area contributed by atoms with Gasteiger partial charge < -0.3 is 19.4 Å². The zero-order valence-electron chi connectivity index (χ0n) is 15.7. The molecule has 1 unspecified atom stereocenters. The highest BCUT2D eigenvalue weighted by Gasteiger charge is 2.13. The maximum atomic E-state index is 14.6. The summed E-state index contributed by atoms with van der Waals surface area (Å²) in [6.45, 7) is -0.518. The van der Waals surface area contributed by atoms with Crippen LogP contribution in [-0.2, 0) is 6.42 Å². The summed E-state index contributed by atoms with van der Waals surface area (Å²) in [6, 6.07) is 22.4. The summed E-state index contributed by atoms with van der Waals surface area (Å²) in [6.07, 6.45) is -0.185. The number of halogens is 1. The lowest BCUT2D eigenvalue weighted by Crippen LogP contribution is -2.21. The van der Waals surface area contributed by atoms with Gasteiger partial charge in [0.15, 0.2) is 0 Å². The van der Waals surface area contributed by atoms with Crippen LogP contribution in [-0.4, -0.2) is 29.5 Å². The van der Waals surface area contributed by atoms with Crippen molar-refractivity contribution in [2.75, 3.05) is 13.2 Å². The molecule has 4 aromatic rings. The third kappa shape index (κ3) is 4.47. The minimum Gasteiger partial charge on any atom is -0.491 e. The van der Waals surface area contributed by atoms with Crippen LogP contribution in [0.15, 0.2) is 77.2 Å². The Bertz CT molecular complexity index is 1100. The fourth-order valence-electron chi connectivity index (χ4n) is 3.20. The molecule has 0 aliphatic heterocycles. The first-order valence-electron chi connectivity index (χ1n) is 9.40. The Morgan fingerprint density at radius 3 is 2.52 bits per heavy atom. The Kier molecular flexibility index (Phi) is 5.60. The molecule has 1 heterocycles. The Hall–Kier alpha value is -3.15. The number of aliphatic hydroxyl groups is 2. The lowest BCUT2D eigenvalue weighted by molar-refractivity contribution is 0.0535.